The SMILES string of the molecule is O=P(O)(O)OP(=O)(O)OP(=O)(O)OC[C@@]1(CF)O[C@@H](n2ccc(=S)[nH]c2=S)[C@@H](F)C1O. The molecule has 1 saturated heterocycles. The molecule has 0 saturated carbocycles. The average molecular weight is 550 g/mol. The first-order valence-corrected chi connectivity index (χ1v) is 13.0. The minimum absolute atomic E-state index is 0.158. The number of hydrogen-bond donors (Lipinski definition) is 6. The van der Waals surface area contributed by atoms with Gasteiger partial charge in [-0.15, -0.1) is 0 Å². The lowest BCUT2D eigenvalue weighted by molar-refractivity contribution is -0.135. The molecular formula is C10H15F2N2O12P3S2. The van der Waals surface area contributed by atoms with E-state index < -0.39 is 60.9 Å². The van der Waals surface area contributed by atoms with E-state index in [0.29, 0.717) is 0 Å². The van der Waals surface area contributed by atoms with E-state index in [1.807, 2.05) is 0 Å². The molecule has 1 fully saturated rings. The lowest BCUT2D eigenvalue weighted by Crippen LogP contribution is -2.48. The van der Waals surface area contributed by atoms with Gasteiger partial charge in [-0.3, -0.25) is 9.09 Å². The molecule has 6 atom stereocenters. The molecule has 1 aromatic rings. The first-order chi connectivity index (χ1) is 14.0. The van der Waals surface area contributed by atoms with Crippen molar-refractivity contribution in [1.29, 1.82) is 0 Å². The number of H-pyrrole nitrogens is 1. The van der Waals surface area contributed by atoms with Gasteiger partial charge in [0.05, 0.1) is 6.61 Å². The highest BCUT2D eigenvalue weighted by atomic mass is 32.1. The zero-order valence-electron chi connectivity index (χ0n) is 14.8. The number of rotatable bonds is 9. The molecule has 31 heavy (non-hydrogen) atoms. The molecular weight excluding hydrogens is 535 g/mol. The van der Waals surface area contributed by atoms with Crippen LogP contribution in [-0.2, 0) is 31.6 Å². The summed E-state index contributed by atoms with van der Waals surface area (Å²) < 4.78 is 79.5. The summed E-state index contributed by atoms with van der Waals surface area (Å²) in [4.78, 5) is 38.0. The molecule has 178 valence electrons. The van der Waals surface area contributed by atoms with Gasteiger partial charge in [0.2, 0.25) is 0 Å². The van der Waals surface area contributed by atoms with Crippen molar-refractivity contribution in [2.24, 2.45) is 0 Å². The number of alkyl halides is 2. The van der Waals surface area contributed by atoms with Crippen molar-refractivity contribution in [1.82, 2.24) is 9.55 Å². The van der Waals surface area contributed by atoms with Crippen molar-refractivity contribution in [3.05, 3.63) is 21.7 Å². The van der Waals surface area contributed by atoms with E-state index in [0.717, 1.165) is 4.57 Å². The van der Waals surface area contributed by atoms with Crippen LogP contribution in [0.5, 0.6) is 0 Å². The topological polar surface area (TPSA) is 210 Å². The highest BCUT2D eigenvalue weighted by Crippen LogP contribution is 2.66. The summed E-state index contributed by atoms with van der Waals surface area (Å²) in [6.45, 7) is -3.07. The number of ether oxygens (including phenoxy) is 1. The first kappa shape index (κ1) is 27.0. The molecule has 2 rings (SSSR count). The molecule has 1 aromatic heterocycles. The van der Waals surface area contributed by atoms with Crippen LogP contribution in [0.3, 0.4) is 0 Å². The molecule has 0 aliphatic carbocycles. The smallest absolute Gasteiger partial charge is 0.387 e. The molecule has 0 radical (unpaired) electrons. The maximum absolute atomic E-state index is 14.6. The third-order valence-electron chi connectivity index (χ3n) is 3.71. The molecule has 1 aliphatic heterocycles. The summed E-state index contributed by atoms with van der Waals surface area (Å²) in [6, 6.07) is 1.29. The van der Waals surface area contributed by atoms with Crippen LogP contribution in [0.4, 0.5) is 8.78 Å². The Bertz CT molecular complexity index is 1080. The fraction of sp³-hybridized carbons (Fsp3) is 0.600. The van der Waals surface area contributed by atoms with Crippen molar-refractivity contribution in [2.45, 2.75) is 24.1 Å². The normalized spacial score (nSPS) is 30.6. The number of phosphoric acid groups is 3. The lowest BCUT2D eigenvalue weighted by atomic mass is 9.98. The summed E-state index contributed by atoms with van der Waals surface area (Å²) >= 11 is 9.79. The van der Waals surface area contributed by atoms with Gasteiger partial charge in [-0.2, -0.15) is 8.62 Å². The molecule has 14 nitrogen and oxygen atoms in total. The van der Waals surface area contributed by atoms with Gasteiger partial charge in [0.15, 0.2) is 22.8 Å². The van der Waals surface area contributed by atoms with Crippen molar-refractivity contribution in [3.63, 3.8) is 0 Å². The monoisotopic (exact) mass is 550 g/mol. The van der Waals surface area contributed by atoms with Crippen molar-refractivity contribution in [2.75, 3.05) is 13.3 Å². The number of aliphatic hydroxyl groups excluding tert-OH is 1. The third-order valence-corrected chi connectivity index (χ3v) is 8.04. The zero-order chi connectivity index (χ0) is 23.8. The molecule has 1 aliphatic rings. The number of nitrogens with zero attached hydrogens (tertiary/aromatic N) is 1. The molecule has 0 amide bonds. The second-order valence-corrected chi connectivity index (χ2v) is 11.2. The number of halogens is 2. The second kappa shape index (κ2) is 9.52. The summed E-state index contributed by atoms with van der Waals surface area (Å²) in [7, 11) is -17.1. The van der Waals surface area contributed by atoms with Crippen LogP contribution in [0.1, 0.15) is 6.23 Å². The maximum atomic E-state index is 14.6. The summed E-state index contributed by atoms with van der Waals surface area (Å²) in [6.07, 6.45) is -5.15. The van der Waals surface area contributed by atoms with E-state index in [9.17, 15) is 32.5 Å². The predicted molar refractivity (Wildman–Crippen MR) is 100.0 cm³/mol. The van der Waals surface area contributed by atoms with Crippen LogP contribution in [0.2, 0.25) is 0 Å². The van der Waals surface area contributed by atoms with Crippen LogP contribution in [0.15, 0.2) is 12.3 Å². The molecule has 6 N–H and O–H groups in total. The minimum atomic E-state index is -5.83. The Morgan fingerprint density at radius 1 is 1.19 bits per heavy atom. The highest BCUT2D eigenvalue weighted by Gasteiger charge is 2.57. The standard InChI is InChI=1S/C10H15F2N2O12P3S2/c11-3-10(4-23-28(19,20)26-29(21,22)25-27(16,17)18)7(15)6(12)8(24-10)14-2-1-5(30)13-9(14)31/h1-2,6-8,15H,3-4H2,(H,19,20)(H,21,22)(H,13,30,31)(H2,16,17,18)/t6-,7?,8+,10+/m0/s1. The molecule has 0 bridgehead atoms. The number of hydrogen-bond acceptors (Lipinski definition) is 10. The molecule has 0 spiro atoms. The van der Waals surface area contributed by atoms with Crippen LogP contribution >= 0.6 is 47.9 Å². The first-order valence-electron chi connectivity index (χ1n) is 7.67. The van der Waals surface area contributed by atoms with E-state index in [-0.39, 0.29) is 9.41 Å². The van der Waals surface area contributed by atoms with E-state index in [1.54, 1.807) is 0 Å². The van der Waals surface area contributed by atoms with Crippen LogP contribution in [-0.4, -0.2) is 65.4 Å². The Morgan fingerprint density at radius 2 is 1.81 bits per heavy atom. The fourth-order valence-electron chi connectivity index (χ4n) is 2.42. The Labute approximate surface area is 181 Å². The summed E-state index contributed by atoms with van der Waals surface area (Å²) in [5.74, 6) is 0. The van der Waals surface area contributed by atoms with E-state index in [1.165, 1.54) is 12.3 Å². The molecule has 0 aromatic carbocycles. The second-order valence-electron chi connectivity index (χ2n) is 5.98. The lowest BCUT2D eigenvalue weighted by Gasteiger charge is -2.29. The Morgan fingerprint density at radius 3 is 2.32 bits per heavy atom. The van der Waals surface area contributed by atoms with E-state index in [2.05, 4.69) is 18.1 Å². The third kappa shape index (κ3) is 6.85. The molecule has 21 heteroatoms. The van der Waals surface area contributed by atoms with Crippen LogP contribution < -0.4 is 0 Å². The van der Waals surface area contributed by atoms with Gasteiger partial charge in [0.1, 0.15) is 17.4 Å². The van der Waals surface area contributed by atoms with Gasteiger partial charge in [-0.1, -0.05) is 12.2 Å². The largest absolute Gasteiger partial charge is 0.490 e. The van der Waals surface area contributed by atoms with Gasteiger partial charge in [0, 0.05) is 6.20 Å². The van der Waals surface area contributed by atoms with Gasteiger partial charge >= 0.3 is 23.5 Å². The quantitative estimate of drug-likeness (QED) is 0.190. The zero-order valence-corrected chi connectivity index (χ0v) is 19.1. The van der Waals surface area contributed by atoms with Crippen molar-refractivity contribution < 1.29 is 65.0 Å². The number of nitrogens with one attached hydrogen (secondary N) is 1. The van der Waals surface area contributed by atoms with Crippen molar-refractivity contribution in [3.8, 4) is 0 Å². The minimum Gasteiger partial charge on any atom is -0.387 e. The van der Waals surface area contributed by atoms with Crippen LogP contribution in [0, 0.1) is 9.41 Å². The summed E-state index contributed by atoms with van der Waals surface area (Å²) in [5.41, 5.74) is -2.60. The summed E-state index contributed by atoms with van der Waals surface area (Å²) in [5, 5.41) is 10.1. The number of aromatic amines is 1. The highest BCUT2D eigenvalue weighted by molar-refractivity contribution is 7.72. The predicted octanol–water partition coefficient (Wildman–Crippen LogP) is 1.55. The molecule has 2 heterocycles. The Balaban J connectivity index is 2.21. The van der Waals surface area contributed by atoms with Gasteiger partial charge in [0.25, 0.3) is 0 Å². The van der Waals surface area contributed by atoms with Gasteiger partial charge < -0.3 is 34.4 Å². The van der Waals surface area contributed by atoms with Crippen molar-refractivity contribution >= 4 is 47.9 Å². The van der Waals surface area contributed by atoms with E-state index in [4.69, 9.17) is 43.9 Å². The fourth-order valence-corrected chi connectivity index (χ4v) is 5.99. The van der Waals surface area contributed by atoms with Crippen LogP contribution in [0.25, 0.3) is 0 Å². The Kier molecular flexibility index (Phi) is 8.28. The number of aromatic nitrogens is 2. The number of aliphatic hydroxyl groups is 1. The number of phosphoric ester groups is 1. The average Bonchev–Trinajstić information content (AvgIpc) is 2.82. The Hall–Kier alpha value is -0.290. The molecule has 3 unspecified atom stereocenters. The maximum Gasteiger partial charge on any atom is 0.490 e. The van der Waals surface area contributed by atoms with Gasteiger partial charge in [-0.05, 0) is 18.3 Å². The van der Waals surface area contributed by atoms with E-state index >= 15 is 0 Å². The van der Waals surface area contributed by atoms with Gasteiger partial charge in [-0.25, -0.2) is 22.5 Å².